The van der Waals surface area contributed by atoms with Gasteiger partial charge in [0.05, 0.1) is 6.61 Å². The Hall–Kier alpha value is -2.04. The summed E-state index contributed by atoms with van der Waals surface area (Å²) in [4.78, 5) is 21.8. The number of benzene rings is 1. The van der Waals surface area contributed by atoms with Gasteiger partial charge in [-0.25, -0.2) is 4.79 Å². The van der Waals surface area contributed by atoms with Crippen molar-refractivity contribution < 1.29 is 23.8 Å². The molecule has 17 heavy (non-hydrogen) atoms. The predicted octanol–water partition coefficient (Wildman–Crippen LogP) is 2.29. The van der Waals surface area contributed by atoms with E-state index in [1.54, 1.807) is 31.2 Å². The number of ether oxygens (including phenoxy) is 3. The summed E-state index contributed by atoms with van der Waals surface area (Å²) in [7, 11) is 0. The Balaban J connectivity index is 2.63. The van der Waals surface area contributed by atoms with Gasteiger partial charge in [0.25, 0.3) is 0 Å². The van der Waals surface area contributed by atoms with Crippen LogP contribution in [0.2, 0.25) is 0 Å². The highest BCUT2D eigenvalue weighted by atomic mass is 16.7. The SMILES string of the molecule is CCOC(=O)OCc1ccccc1OC(C)=O. The van der Waals surface area contributed by atoms with Crippen molar-refractivity contribution in [1.82, 2.24) is 0 Å². The molecule has 0 atom stereocenters. The normalized spacial score (nSPS) is 9.53. The molecule has 0 amide bonds. The molecule has 5 heteroatoms. The molecule has 0 unspecified atom stereocenters. The minimum absolute atomic E-state index is 0.00227. The second-order valence-electron chi connectivity index (χ2n) is 3.17. The van der Waals surface area contributed by atoms with Crippen LogP contribution in [0.1, 0.15) is 19.4 Å². The smallest absolute Gasteiger partial charge is 0.435 e. The van der Waals surface area contributed by atoms with E-state index in [1.807, 2.05) is 0 Å². The van der Waals surface area contributed by atoms with Gasteiger partial charge in [0.2, 0.25) is 0 Å². The minimum atomic E-state index is -0.745. The molecule has 0 aliphatic carbocycles. The fourth-order valence-electron chi connectivity index (χ4n) is 1.17. The molecule has 0 saturated carbocycles. The largest absolute Gasteiger partial charge is 0.508 e. The molecule has 1 aromatic rings. The van der Waals surface area contributed by atoms with Crippen LogP contribution in [0.15, 0.2) is 24.3 Å². The monoisotopic (exact) mass is 238 g/mol. The average molecular weight is 238 g/mol. The van der Waals surface area contributed by atoms with Gasteiger partial charge in [0, 0.05) is 12.5 Å². The summed E-state index contributed by atoms with van der Waals surface area (Å²) < 4.78 is 14.4. The maximum atomic E-state index is 11.0. The van der Waals surface area contributed by atoms with Gasteiger partial charge in [-0.05, 0) is 13.0 Å². The van der Waals surface area contributed by atoms with Crippen LogP contribution in [-0.2, 0) is 20.9 Å². The first kappa shape index (κ1) is 13.0. The van der Waals surface area contributed by atoms with E-state index < -0.39 is 12.1 Å². The Kier molecular flexibility index (Phi) is 5.00. The molecule has 0 radical (unpaired) electrons. The molecule has 1 rings (SSSR count). The first-order valence-electron chi connectivity index (χ1n) is 5.19. The molecule has 0 aromatic heterocycles. The first-order chi connectivity index (χ1) is 8.13. The molecule has 0 spiro atoms. The van der Waals surface area contributed by atoms with Crippen LogP contribution >= 0.6 is 0 Å². The van der Waals surface area contributed by atoms with Crippen molar-refractivity contribution in [2.24, 2.45) is 0 Å². The Morgan fingerprint density at radius 1 is 1.18 bits per heavy atom. The van der Waals surface area contributed by atoms with Crippen LogP contribution in [-0.4, -0.2) is 18.7 Å². The lowest BCUT2D eigenvalue weighted by Gasteiger charge is -2.09. The van der Waals surface area contributed by atoms with E-state index in [-0.39, 0.29) is 13.2 Å². The van der Waals surface area contributed by atoms with Crippen molar-refractivity contribution >= 4 is 12.1 Å². The summed E-state index contributed by atoms with van der Waals surface area (Å²) in [5, 5.41) is 0. The standard InChI is InChI=1S/C12H14O5/c1-3-15-12(14)16-8-10-6-4-5-7-11(10)17-9(2)13/h4-7H,3,8H2,1-2H3. The molecular formula is C12H14O5. The highest BCUT2D eigenvalue weighted by Gasteiger charge is 2.08. The van der Waals surface area contributed by atoms with Gasteiger partial charge in [0.15, 0.2) is 0 Å². The van der Waals surface area contributed by atoms with Crippen molar-refractivity contribution in [2.45, 2.75) is 20.5 Å². The van der Waals surface area contributed by atoms with E-state index in [2.05, 4.69) is 4.74 Å². The molecule has 0 fully saturated rings. The lowest BCUT2D eigenvalue weighted by Crippen LogP contribution is -2.09. The first-order valence-corrected chi connectivity index (χ1v) is 5.19. The molecule has 0 N–H and O–H groups in total. The Morgan fingerprint density at radius 3 is 2.53 bits per heavy atom. The molecule has 0 saturated heterocycles. The number of esters is 1. The van der Waals surface area contributed by atoms with E-state index in [4.69, 9.17) is 9.47 Å². The summed E-state index contributed by atoms with van der Waals surface area (Å²) in [6.45, 7) is 3.25. The van der Waals surface area contributed by atoms with Crippen LogP contribution in [0.3, 0.4) is 0 Å². The lowest BCUT2D eigenvalue weighted by atomic mass is 10.2. The molecule has 0 bridgehead atoms. The van der Waals surface area contributed by atoms with Crippen molar-refractivity contribution in [2.75, 3.05) is 6.61 Å². The third-order valence-electron chi connectivity index (χ3n) is 1.83. The molecule has 92 valence electrons. The van der Waals surface area contributed by atoms with Crippen LogP contribution in [0.4, 0.5) is 4.79 Å². The van der Waals surface area contributed by atoms with Crippen molar-refractivity contribution in [3.8, 4) is 5.75 Å². The second-order valence-corrected chi connectivity index (χ2v) is 3.17. The maximum absolute atomic E-state index is 11.0. The Morgan fingerprint density at radius 2 is 1.88 bits per heavy atom. The van der Waals surface area contributed by atoms with Crippen molar-refractivity contribution in [3.05, 3.63) is 29.8 Å². The molecule has 5 nitrogen and oxygen atoms in total. The number of para-hydroxylation sites is 1. The summed E-state index contributed by atoms with van der Waals surface area (Å²) in [6, 6.07) is 6.83. The minimum Gasteiger partial charge on any atom is -0.435 e. The fraction of sp³-hybridized carbons (Fsp3) is 0.333. The molecular weight excluding hydrogens is 224 g/mol. The summed E-state index contributed by atoms with van der Waals surface area (Å²) in [5.74, 6) is -0.0436. The number of carbonyl (C=O) groups excluding carboxylic acids is 2. The average Bonchev–Trinajstić information content (AvgIpc) is 2.27. The summed E-state index contributed by atoms with van der Waals surface area (Å²) in [6.07, 6.45) is -0.745. The predicted molar refractivity (Wildman–Crippen MR) is 59.6 cm³/mol. The zero-order chi connectivity index (χ0) is 12.7. The van der Waals surface area contributed by atoms with Gasteiger partial charge in [-0.15, -0.1) is 0 Å². The zero-order valence-electron chi connectivity index (χ0n) is 9.76. The highest BCUT2D eigenvalue weighted by Crippen LogP contribution is 2.19. The summed E-state index contributed by atoms with van der Waals surface area (Å²) in [5.41, 5.74) is 0.607. The molecule has 1 aromatic carbocycles. The van der Waals surface area contributed by atoms with Crippen molar-refractivity contribution in [1.29, 1.82) is 0 Å². The summed E-state index contributed by atoms with van der Waals surface area (Å²) >= 11 is 0. The third kappa shape index (κ3) is 4.55. The number of rotatable bonds is 4. The van der Waals surface area contributed by atoms with Gasteiger partial charge in [-0.2, -0.15) is 0 Å². The zero-order valence-corrected chi connectivity index (χ0v) is 9.76. The quantitative estimate of drug-likeness (QED) is 0.594. The van der Waals surface area contributed by atoms with E-state index in [9.17, 15) is 9.59 Å². The Labute approximate surface area is 99.3 Å². The maximum Gasteiger partial charge on any atom is 0.508 e. The van der Waals surface area contributed by atoms with Crippen molar-refractivity contribution in [3.63, 3.8) is 0 Å². The number of carbonyl (C=O) groups is 2. The van der Waals surface area contributed by atoms with Crippen LogP contribution in [0.25, 0.3) is 0 Å². The number of hydrogen-bond acceptors (Lipinski definition) is 5. The van der Waals surface area contributed by atoms with Gasteiger partial charge >= 0.3 is 12.1 Å². The van der Waals surface area contributed by atoms with Gasteiger partial charge in [-0.1, -0.05) is 18.2 Å². The molecule has 0 aliphatic heterocycles. The lowest BCUT2D eigenvalue weighted by molar-refractivity contribution is -0.131. The highest BCUT2D eigenvalue weighted by molar-refractivity contribution is 5.69. The van der Waals surface area contributed by atoms with Crippen LogP contribution in [0, 0.1) is 0 Å². The third-order valence-corrected chi connectivity index (χ3v) is 1.83. The van der Waals surface area contributed by atoms with Gasteiger partial charge in [0.1, 0.15) is 12.4 Å². The van der Waals surface area contributed by atoms with E-state index in [0.29, 0.717) is 11.3 Å². The molecule has 0 aliphatic rings. The van der Waals surface area contributed by atoms with Crippen LogP contribution < -0.4 is 4.74 Å². The van der Waals surface area contributed by atoms with E-state index in [0.717, 1.165) is 0 Å². The number of hydrogen-bond donors (Lipinski definition) is 0. The van der Waals surface area contributed by atoms with Gasteiger partial charge < -0.3 is 14.2 Å². The Bertz CT molecular complexity index is 400. The van der Waals surface area contributed by atoms with Crippen LogP contribution in [0.5, 0.6) is 5.75 Å². The van der Waals surface area contributed by atoms with E-state index in [1.165, 1.54) is 6.92 Å². The molecule has 0 heterocycles. The second kappa shape index (κ2) is 6.52. The fourth-order valence-corrected chi connectivity index (χ4v) is 1.17. The van der Waals surface area contributed by atoms with Gasteiger partial charge in [-0.3, -0.25) is 4.79 Å². The van der Waals surface area contributed by atoms with E-state index >= 15 is 0 Å². The topological polar surface area (TPSA) is 61.8 Å².